The van der Waals surface area contributed by atoms with Gasteiger partial charge in [0, 0.05) is 19.2 Å². The predicted octanol–water partition coefficient (Wildman–Crippen LogP) is 2.73. The molecule has 2 N–H and O–H groups in total. The van der Waals surface area contributed by atoms with Gasteiger partial charge in [0.1, 0.15) is 12.4 Å². The molecule has 1 aromatic carbocycles. The van der Waals surface area contributed by atoms with Crippen molar-refractivity contribution < 1.29 is 4.79 Å². The Morgan fingerprint density at radius 1 is 1.35 bits per heavy atom. The van der Waals surface area contributed by atoms with E-state index < -0.39 is 0 Å². The molecular weight excluding hydrogens is 288 g/mol. The van der Waals surface area contributed by atoms with Gasteiger partial charge in [0.15, 0.2) is 0 Å². The molecule has 122 valence electrons. The van der Waals surface area contributed by atoms with Crippen LogP contribution in [0.3, 0.4) is 0 Å². The van der Waals surface area contributed by atoms with Gasteiger partial charge in [0.2, 0.25) is 5.91 Å². The van der Waals surface area contributed by atoms with Crippen LogP contribution in [-0.2, 0) is 11.3 Å². The van der Waals surface area contributed by atoms with Crippen molar-refractivity contribution in [3.8, 4) is 0 Å². The van der Waals surface area contributed by atoms with Crippen molar-refractivity contribution in [3.05, 3.63) is 53.7 Å². The summed E-state index contributed by atoms with van der Waals surface area (Å²) in [5.74, 6) is 0.548. The quantitative estimate of drug-likeness (QED) is 0.855. The minimum atomic E-state index is 0.0272. The lowest BCUT2D eigenvalue weighted by Crippen LogP contribution is -2.35. The monoisotopic (exact) mass is 312 g/mol. The fraction of sp³-hybridized carbons (Fsp3) is 0.333. The Morgan fingerprint density at radius 3 is 2.70 bits per heavy atom. The maximum Gasteiger partial charge on any atom is 0.244 e. The first-order valence-corrected chi connectivity index (χ1v) is 7.89. The zero-order chi connectivity index (χ0) is 16.7. The lowest BCUT2D eigenvalue weighted by atomic mass is 10.2. The van der Waals surface area contributed by atoms with Crippen LogP contribution in [-0.4, -0.2) is 33.7 Å². The molecule has 1 heterocycles. The molecule has 0 aliphatic rings. The fourth-order valence-electron chi connectivity index (χ4n) is 2.39. The van der Waals surface area contributed by atoms with E-state index >= 15 is 0 Å². The normalized spacial score (nSPS) is 11.0. The lowest BCUT2D eigenvalue weighted by Gasteiger charge is -2.20. The number of amides is 1. The van der Waals surface area contributed by atoms with Gasteiger partial charge in [-0.2, -0.15) is 5.10 Å². The number of hydrogen-bond acceptors (Lipinski definition) is 3. The van der Waals surface area contributed by atoms with Gasteiger partial charge in [-0.3, -0.25) is 4.79 Å². The summed E-state index contributed by atoms with van der Waals surface area (Å²) >= 11 is 0. The lowest BCUT2D eigenvalue weighted by molar-refractivity contribution is -0.131. The number of nitrogens with zero attached hydrogens (tertiary/aromatic N) is 3. The number of aryl methyl sites for hydroxylation is 1. The van der Waals surface area contributed by atoms with E-state index in [-0.39, 0.29) is 12.5 Å². The van der Waals surface area contributed by atoms with Crippen LogP contribution in [0.2, 0.25) is 0 Å². The van der Waals surface area contributed by atoms with Crippen LogP contribution < -0.4 is 5.73 Å². The Morgan fingerprint density at radius 2 is 2.09 bits per heavy atom. The van der Waals surface area contributed by atoms with Gasteiger partial charge in [0.25, 0.3) is 0 Å². The molecule has 0 atom stereocenters. The van der Waals surface area contributed by atoms with Crippen molar-refractivity contribution in [2.24, 2.45) is 0 Å². The highest BCUT2D eigenvalue weighted by Gasteiger charge is 2.14. The molecule has 1 aromatic heterocycles. The number of nitrogens with two attached hydrogens (primary N) is 1. The molecule has 5 nitrogen and oxygen atoms in total. The molecule has 0 unspecified atom stereocenters. The molecule has 0 bridgehead atoms. The molecule has 0 spiro atoms. The average molecular weight is 312 g/mol. The summed E-state index contributed by atoms with van der Waals surface area (Å²) in [4.78, 5) is 14.3. The van der Waals surface area contributed by atoms with Gasteiger partial charge in [-0.1, -0.05) is 49.4 Å². The highest BCUT2D eigenvalue weighted by molar-refractivity contribution is 5.76. The standard InChI is InChI=1S/C18H24N4O/c1-3-11-21(12-7-10-16-8-5-4-6-9-16)18(23)14-22-17(19)13-15(2)20-22/h4-10,13H,3,11-12,14,19H2,1-2H3/b10-7+. The van der Waals surface area contributed by atoms with Gasteiger partial charge < -0.3 is 10.6 Å². The number of benzene rings is 1. The van der Waals surface area contributed by atoms with Gasteiger partial charge in [-0.05, 0) is 18.9 Å². The van der Waals surface area contributed by atoms with Crippen LogP contribution in [0.15, 0.2) is 42.5 Å². The molecule has 2 aromatic rings. The highest BCUT2D eigenvalue weighted by atomic mass is 16.2. The second-order valence-electron chi connectivity index (χ2n) is 5.52. The van der Waals surface area contributed by atoms with E-state index in [4.69, 9.17) is 5.73 Å². The van der Waals surface area contributed by atoms with Crippen molar-refractivity contribution in [1.82, 2.24) is 14.7 Å². The molecule has 23 heavy (non-hydrogen) atoms. The van der Waals surface area contributed by atoms with Crippen LogP contribution in [0.5, 0.6) is 0 Å². The Hall–Kier alpha value is -2.56. The number of carbonyl (C=O) groups is 1. The molecule has 0 aliphatic heterocycles. The van der Waals surface area contributed by atoms with Gasteiger partial charge >= 0.3 is 0 Å². The molecule has 0 radical (unpaired) electrons. The van der Waals surface area contributed by atoms with Gasteiger partial charge in [-0.25, -0.2) is 4.68 Å². The maximum absolute atomic E-state index is 12.5. The first kappa shape index (κ1) is 16.8. The average Bonchev–Trinajstić information content (AvgIpc) is 2.85. The maximum atomic E-state index is 12.5. The molecule has 0 saturated carbocycles. The largest absolute Gasteiger partial charge is 0.384 e. The SMILES string of the molecule is CCCN(C/C=C/c1ccccc1)C(=O)Cn1nc(C)cc1N. The van der Waals surface area contributed by atoms with E-state index in [1.54, 1.807) is 10.7 Å². The van der Waals surface area contributed by atoms with Crippen LogP contribution in [0, 0.1) is 6.92 Å². The van der Waals surface area contributed by atoms with Crippen LogP contribution in [0.25, 0.3) is 6.08 Å². The molecule has 0 aliphatic carbocycles. The van der Waals surface area contributed by atoms with E-state index in [1.807, 2.05) is 54.3 Å². The second kappa shape index (κ2) is 8.17. The summed E-state index contributed by atoms with van der Waals surface area (Å²) < 4.78 is 1.56. The third-order valence-corrected chi connectivity index (χ3v) is 3.50. The van der Waals surface area contributed by atoms with E-state index in [1.165, 1.54) is 0 Å². The van der Waals surface area contributed by atoms with Crippen molar-refractivity contribution >= 4 is 17.8 Å². The Balaban J connectivity index is 1.98. The number of nitrogen functional groups attached to an aromatic ring is 1. The minimum Gasteiger partial charge on any atom is -0.384 e. The summed E-state index contributed by atoms with van der Waals surface area (Å²) in [5.41, 5.74) is 7.80. The van der Waals surface area contributed by atoms with E-state index in [9.17, 15) is 4.79 Å². The zero-order valence-corrected chi connectivity index (χ0v) is 13.8. The molecule has 0 saturated heterocycles. The Labute approximate surface area is 137 Å². The third kappa shape index (κ3) is 4.98. The first-order chi connectivity index (χ1) is 11.1. The summed E-state index contributed by atoms with van der Waals surface area (Å²) in [7, 11) is 0. The molecule has 0 fully saturated rings. The van der Waals surface area contributed by atoms with Crippen LogP contribution in [0.1, 0.15) is 24.6 Å². The number of hydrogen-bond donors (Lipinski definition) is 1. The van der Waals surface area contributed by atoms with Crippen LogP contribution in [0.4, 0.5) is 5.82 Å². The summed E-state index contributed by atoms with van der Waals surface area (Å²) in [6, 6.07) is 11.8. The van der Waals surface area contributed by atoms with Crippen molar-refractivity contribution in [3.63, 3.8) is 0 Å². The summed E-state index contributed by atoms with van der Waals surface area (Å²) in [5, 5.41) is 4.25. The highest BCUT2D eigenvalue weighted by Crippen LogP contribution is 2.07. The molecular formula is C18H24N4O. The fourth-order valence-corrected chi connectivity index (χ4v) is 2.39. The minimum absolute atomic E-state index is 0.0272. The Bertz CT molecular complexity index is 661. The molecule has 1 amide bonds. The van der Waals surface area contributed by atoms with Crippen molar-refractivity contribution in [2.75, 3.05) is 18.8 Å². The number of anilines is 1. The van der Waals surface area contributed by atoms with E-state index in [2.05, 4.69) is 12.0 Å². The van der Waals surface area contributed by atoms with Gasteiger partial charge in [-0.15, -0.1) is 0 Å². The van der Waals surface area contributed by atoms with E-state index in [0.717, 1.165) is 24.2 Å². The molecule has 2 rings (SSSR count). The topological polar surface area (TPSA) is 64.2 Å². The predicted molar refractivity (Wildman–Crippen MR) is 93.7 cm³/mol. The molecule has 5 heteroatoms. The third-order valence-electron chi connectivity index (χ3n) is 3.50. The number of rotatable bonds is 7. The first-order valence-electron chi connectivity index (χ1n) is 7.89. The number of aromatic nitrogens is 2. The van der Waals surface area contributed by atoms with Crippen LogP contribution >= 0.6 is 0 Å². The second-order valence-corrected chi connectivity index (χ2v) is 5.52. The Kier molecular flexibility index (Phi) is 5.97. The van der Waals surface area contributed by atoms with Gasteiger partial charge in [0.05, 0.1) is 5.69 Å². The number of carbonyl (C=O) groups excluding carboxylic acids is 1. The van der Waals surface area contributed by atoms with E-state index in [0.29, 0.717) is 12.4 Å². The summed E-state index contributed by atoms with van der Waals surface area (Å²) in [6.45, 7) is 5.41. The van der Waals surface area contributed by atoms with Crippen molar-refractivity contribution in [1.29, 1.82) is 0 Å². The summed E-state index contributed by atoms with van der Waals surface area (Å²) in [6.07, 6.45) is 4.96. The van der Waals surface area contributed by atoms with Crippen molar-refractivity contribution in [2.45, 2.75) is 26.8 Å². The smallest absolute Gasteiger partial charge is 0.244 e. The zero-order valence-electron chi connectivity index (χ0n) is 13.8.